The van der Waals surface area contributed by atoms with Gasteiger partial charge in [-0.1, -0.05) is 18.7 Å². The standard InChI is InChI=1S/C32H36N2O8/c1-19(2)18-41-27-9-8-21(11-28(27)39-3)24(13-30(37)40-4)32-31(38)26(35)12-23(42-32)17-33-14-20-10-22(16-33)25-6-5-7-29(36)34(25)15-20/h5-9,11-12,20,22,24,38H,1,10,13-18H2,2-4H3/t20-,22+,24+/m1/s1. The molecule has 1 saturated heterocycles. The molecule has 0 spiro atoms. The Bertz CT molecular complexity index is 1610. The smallest absolute Gasteiger partial charge is 0.306 e. The zero-order valence-corrected chi connectivity index (χ0v) is 24.1. The van der Waals surface area contributed by atoms with Crippen molar-refractivity contribution < 1.29 is 28.5 Å². The highest BCUT2D eigenvalue weighted by atomic mass is 16.5. The molecule has 2 aliphatic heterocycles. The quantitative estimate of drug-likeness (QED) is 0.284. The number of aromatic nitrogens is 1. The van der Waals surface area contributed by atoms with Gasteiger partial charge in [-0.05, 0) is 48.6 Å². The number of piperidine rings is 1. The third-order valence-electron chi connectivity index (χ3n) is 7.91. The van der Waals surface area contributed by atoms with Crippen molar-refractivity contribution in [1.82, 2.24) is 9.47 Å². The summed E-state index contributed by atoms with van der Waals surface area (Å²) in [4.78, 5) is 40.1. The fourth-order valence-corrected chi connectivity index (χ4v) is 6.05. The Balaban J connectivity index is 1.45. The molecule has 0 saturated carbocycles. The molecule has 4 heterocycles. The van der Waals surface area contributed by atoms with Crippen LogP contribution in [-0.2, 0) is 22.6 Å². The van der Waals surface area contributed by atoms with Crippen molar-refractivity contribution in [2.75, 3.05) is 33.9 Å². The van der Waals surface area contributed by atoms with Crippen molar-refractivity contribution in [3.63, 3.8) is 0 Å². The molecular formula is C32H36N2O8. The topological polar surface area (TPSA) is 120 Å². The third kappa shape index (κ3) is 6.13. The minimum Gasteiger partial charge on any atom is -0.502 e. The number of aromatic hydroxyl groups is 1. The van der Waals surface area contributed by atoms with E-state index < -0.39 is 23.1 Å². The molecule has 1 N–H and O–H groups in total. The lowest BCUT2D eigenvalue weighted by Crippen LogP contribution is -2.46. The van der Waals surface area contributed by atoms with E-state index in [1.165, 1.54) is 20.3 Å². The monoisotopic (exact) mass is 576 g/mol. The second-order valence-corrected chi connectivity index (χ2v) is 11.2. The fourth-order valence-electron chi connectivity index (χ4n) is 6.05. The van der Waals surface area contributed by atoms with Gasteiger partial charge in [-0.25, -0.2) is 0 Å². The lowest BCUT2D eigenvalue weighted by Gasteiger charge is -2.42. The molecule has 0 aliphatic carbocycles. The Hall–Kier alpha value is -4.31. The molecule has 0 radical (unpaired) electrons. The van der Waals surface area contributed by atoms with Crippen LogP contribution in [0.5, 0.6) is 17.2 Å². The second kappa shape index (κ2) is 12.3. The van der Waals surface area contributed by atoms with E-state index >= 15 is 0 Å². The Morgan fingerprint density at radius 3 is 2.67 bits per heavy atom. The number of likely N-dealkylation sites (tertiary alicyclic amines) is 1. The minimum absolute atomic E-state index is 0.0188. The molecule has 1 fully saturated rings. The van der Waals surface area contributed by atoms with Gasteiger partial charge in [-0.2, -0.15) is 0 Å². The van der Waals surface area contributed by atoms with Gasteiger partial charge in [0.15, 0.2) is 17.3 Å². The summed E-state index contributed by atoms with van der Waals surface area (Å²) in [6.07, 6.45) is 0.824. The van der Waals surface area contributed by atoms with Crippen LogP contribution in [0.1, 0.15) is 54.4 Å². The average Bonchev–Trinajstić information content (AvgIpc) is 2.97. The van der Waals surface area contributed by atoms with Crippen LogP contribution < -0.4 is 20.5 Å². The van der Waals surface area contributed by atoms with Gasteiger partial charge in [0, 0.05) is 43.4 Å². The van der Waals surface area contributed by atoms with E-state index in [1.807, 2.05) is 17.6 Å². The van der Waals surface area contributed by atoms with Crippen molar-refractivity contribution in [1.29, 1.82) is 0 Å². The van der Waals surface area contributed by atoms with Crippen LogP contribution in [0.25, 0.3) is 0 Å². The summed E-state index contributed by atoms with van der Waals surface area (Å²) in [5.74, 6) is -0.167. The molecule has 2 aliphatic rings. The first kappa shape index (κ1) is 29.2. The van der Waals surface area contributed by atoms with E-state index in [-0.39, 0.29) is 23.7 Å². The highest BCUT2D eigenvalue weighted by molar-refractivity contribution is 5.71. The number of rotatable bonds is 10. The Kier molecular flexibility index (Phi) is 8.54. The van der Waals surface area contributed by atoms with Crippen molar-refractivity contribution in [3.8, 4) is 17.2 Å². The van der Waals surface area contributed by atoms with Crippen LogP contribution in [0.15, 0.2) is 68.6 Å². The van der Waals surface area contributed by atoms with E-state index in [4.69, 9.17) is 18.6 Å². The van der Waals surface area contributed by atoms with Crippen molar-refractivity contribution in [2.45, 2.75) is 44.7 Å². The molecule has 3 atom stereocenters. The van der Waals surface area contributed by atoms with Gasteiger partial charge in [-0.3, -0.25) is 19.3 Å². The molecule has 42 heavy (non-hydrogen) atoms. The summed E-state index contributed by atoms with van der Waals surface area (Å²) in [6, 6.07) is 11.8. The highest BCUT2D eigenvalue weighted by Gasteiger charge is 2.35. The molecule has 0 unspecified atom stereocenters. The number of nitrogens with zero attached hydrogens (tertiary/aromatic N) is 2. The van der Waals surface area contributed by atoms with Gasteiger partial charge in [0.05, 0.1) is 33.1 Å². The lowest BCUT2D eigenvalue weighted by atomic mass is 9.83. The number of benzene rings is 1. The molecular weight excluding hydrogens is 540 g/mol. The molecule has 0 amide bonds. The van der Waals surface area contributed by atoms with Crippen LogP contribution in [0.2, 0.25) is 0 Å². The predicted molar refractivity (Wildman–Crippen MR) is 155 cm³/mol. The number of carbonyl (C=O) groups excluding carboxylic acids is 1. The summed E-state index contributed by atoms with van der Waals surface area (Å²) in [5, 5.41) is 10.9. The van der Waals surface area contributed by atoms with E-state index in [0.29, 0.717) is 55.0 Å². The molecule has 1 aromatic carbocycles. The number of hydrogen-bond acceptors (Lipinski definition) is 9. The fraction of sp³-hybridized carbons (Fsp3) is 0.406. The molecule has 10 nitrogen and oxygen atoms in total. The SMILES string of the molecule is C=C(C)COc1ccc([C@H](CC(=O)OC)c2oc(CN3C[C@H]4C[C@@H](C3)c3cccc(=O)n3C4)cc(=O)c2O)cc1OC. The predicted octanol–water partition coefficient (Wildman–Crippen LogP) is 3.78. The second-order valence-electron chi connectivity index (χ2n) is 11.2. The minimum atomic E-state index is -0.825. The van der Waals surface area contributed by atoms with Gasteiger partial charge in [0.25, 0.3) is 5.56 Å². The summed E-state index contributed by atoms with van der Waals surface area (Å²) >= 11 is 0. The van der Waals surface area contributed by atoms with Crippen molar-refractivity contribution >= 4 is 5.97 Å². The van der Waals surface area contributed by atoms with E-state index in [1.54, 1.807) is 30.3 Å². The maximum Gasteiger partial charge on any atom is 0.306 e. The molecule has 5 rings (SSSR count). The number of hydrogen-bond donors (Lipinski definition) is 1. The summed E-state index contributed by atoms with van der Waals surface area (Å²) in [7, 11) is 2.78. The maximum absolute atomic E-state index is 13.0. The molecule has 10 heteroatoms. The van der Waals surface area contributed by atoms with Gasteiger partial charge in [0.1, 0.15) is 12.4 Å². The van der Waals surface area contributed by atoms with E-state index in [2.05, 4.69) is 11.5 Å². The van der Waals surface area contributed by atoms with Crippen LogP contribution in [0.3, 0.4) is 0 Å². The average molecular weight is 577 g/mol. The van der Waals surface area contributed by atoms with Crippen molar-refractivity contribution in [2.24, 2.45) is 5.92 Å². The van der Waals surface area contributed by atoms with E-state index in [0.717, 1.165) is 24.2 Å². The largest absolute Gasteiger partial charge is 0.502 e. The van der Waals surface area contributed by atoms with Crippen LogP contribution in [0.4, 0.5) is 0 Å². The zero-order chi connectivity index (χ0) is 30.0. The number of carbonyl (C=O) groups is 1. The zero-order valence-electron chi connectivity index (χ0n) is 24.1. The number of ether oxygens (including phenoxy) is 3. The molecule has 2 bridgehead atoms. The summed E-state index contributed by atoms with van der Waals surface area (Å²) in [6.45, 7) is 8.44. The normalized spacial score (nSPS) is 18.5. The maximum atomic E-state index is 13.0. The molecule has 3 aromatic rings. The van der Waals surface area contributed by atoms with Crippen molar-refractivity contribution in [3.05, 3.63) is 98.0 Å². The Labute approximate surface area is 243 Å². The Morgan fingerprint density at radius 1 is 1.12 bits per heavy atom. The molecule has 222 valence electrons. The number of pyridine rings is 1. The summed E-state index contributed by atoms with van der Waals surface area (Å²) in [5.41, 5.74) is 1.87. The first-order chi connectivity index (χ1) is 20.2. The van der Waals surface area contributed by atoms with Crippen LogP contribution in [0, 0.1) is 5.92 Å². The first-order valence-electron chi connectivity index (χ1n) is 14.0. The molecule has 2 aromatic heterocycles. The van der Waals surface area contributed by atoms with Crippen LogP contribution >= 0.6 is 0 Å². The summed E-state index contributed by atoms with van der Waals surface area (Å²) < 4.78 is 24.3. The third-order valence-corrected chi connectivity index (χ3v) is 7.91. The lowest BCUT2D eigenvalue weighted by molar-refractivity contribution is -0.140. The van der Waals surface area contributed by atoms with Gasteiger partial charge in [-0.15, -0.1) is 0 Å². The Morgan fingerprint density at radius 2 is 1.93 bits per heavy atom. The first-order valence-corrected chi connectivity index (χ1v) is 14.0. The number of fused-ring (bicyclic) bond motifs is 4. The van der Waals surface area contributed by atoms with Gasteiger partial charge < -0.3 is 28.3 Å². The van der Waals surface area contributed by atoms with Gasteiger partial charge >= 0.3 is 5.97 Å². The number of methoxy groups -OCH3 is 2. The van der Waals surface area contributed by atoms with E-state index in [9.17, 15) is 19.5 Å². The van der Waals surface area contributed by atoms with Gasteiger partial charge in [0.2, 0.25) is 11.2 Å². The number of esters is 1. The highest BCUT2D eigenvalue weighted by Crippen LogP contribution is 2.39. The van der Waals surface area contributed by atoms with Crippen LogP contribution in [-0.4, -0.2) is 54.5 Å².